The molecule has 0 amide bonds. The Morgan fingerprint density at radius 3 is 2.85 bits per heavy atom. The molecule has 0 aliphatic heterocycles. The minimum absolute atomic E-state index is 0.0558. The van der Waals surface area contributed by atoms with Crippen LogP contribution in [0.15, 0.2) is 23.1 Å². The quantitative estimate of drug-likeness (QED) is 0.314. The maximum atomic E-state index is 10.5. The van der Waals surface area contributed by atoms with Crippen molar-refractivity contribution in [2.75, 3.05) is 0 Å². The van der Waals surface area contributed by atoms with E-state index in [0.29, 0.717) is 10.5 Å². The Kier molecular flexibility index (Phi) is 2.88. The van der Waals surface area contributed by atoms with Gasteiger partial charge in [0.05, 0.1) is 4.92 Å². The molecule has 0 spiro atoms. The average molecular weight is 194 g/mol. The first-order valence-electron chi connectivity index (χ1n) is 3.46. The summed E-state index contributed by atoms with van der Waals surface area (Å²) in [5.74, 6) is 0. The molecule has 0 N–H and O–H groups in total. The van der Waals surface area contributed by atoms with Crippen molar-refractivity contribution in [3.63, 3.8) is 0 Å². The highest BCUT2D eigenvalue weighted by atomic mass is 32.2. The van der Waals surface area contributed by atoms with Crippen LogP contribution < -0.4 is 0 Å². The SMILES string of the molecule is Cc1c(SC#N)cccc1[N+](=O)[O-]. The van der Waals surface area contributed by atoms with Gasteiger partial charge < -0.3 is 0 Å². The van der Waals surface area contributed by atoms with Crippen LogP contribution in [0.2, 0.25) is 0 Å². The van der Waals surface area contributed by atoms with Gasteiger partial charge in [0, 0.05) is 16.5 Å². The molecular formula is C8H6N2O2S. The van der Waals surface area contributed by atoms with Crippen molar-refractivity contribution >= 4 is 17.4 Å². The van der Waals surface area contributed by atoms with Crippen LogP contribution in [0.3, 0.4) is 0 Å². The summed E-state index contributed by atoms with van der Waals surface area (Å²) < 4.78 is 0. The molecule has 4 nitrogen and oxygen atoms in total. The molecule has 0 aliphatic carbocycles. The molecule has 0 fully saturated rings. The Hall–Kier alpha value is -1.54. The van der Waals surface area contributed by atoms with E-state index in [2.05, 4.69) is 0 Å². The Labute approximate surface area is 79.3 Å². The molecular weight excluding hydrogens is 188 g/mol. The van der Waals surface area contributed by atoms with E-state index in [4.69, 9.17) is 5.26 Å². The Morgan fingerprint density at radius 1 is 1.62 bits per heavy atom. The third-order valence-electron chi connectivity index (χ3n) is 1.61. The lowest BCUT2D eigenvalue weighted by atomic mass is 10.2. The molecule has 0 atom stereocenters. The number of thiocyanates is 1. The summed E-state index contributed by atoms with van der Waals surface area (Å²) in [6, 6.07) is 4.69. The molecule has 0 unspecified atom stereocenters. The first-order valence-corrected chi connectivity index (χ1v) is 4.28. The van der Waals surface area contributed by atoms with E-state index in [0.717, 1.165) is 11.8 Å². The van der Waals surface area contributed by atoms with Crippen molar-refractivity contribution < 1.29 is 4.92 Å². The summed E-state index contributed by atoms with van der Waals surface area (Å²) >= 11 is 0.935. The van der Waals surface area contributed by atoms with Gasteiger partial charge in [-0.25, -0.2) is 0 Å². The highest BCUT2D eigenvalue weighted by Gasteiger charge is 2.12. The molecule has 0 saturated heterocycles. The largest absolute Gasteiger partial charge is 0.273 e. The molecule has 0 bridgehead atoms. The normalized spacial score (nSPS) is 9.23. The highest BCUT2D eigenvalue weighted by molar-refractivity contribution is 8.03. The van der Waals surface area contributed by atoms with Crippen LogP contribution in [-0.2, 0) is 0 Å². The third kappa shape index (κ3) is 1.98. The van der Waals surface area contributed by atoms with Gasteiger partial charge in [-0.2, -0.15) is 5.26 Å². The van der Waals surface area contributed by atoms with Gasteiger partial charge in [-0.1, -0.05) is 6.07 Å². The van der Waals surface area contributed by atoms with Gasteiger partial charge in [0.2, 0.25) is 0 Å². The zero-order valence-corrected chi connectivity index (χ0v) is 7.67. The molecule has 1 rings (SSSR count). The number of rotatable bonds is 2. The predicted octanol–water partition coefficient (Wildman–Crippen LogP) is 2.48. The van der Waals surface area contributed by atoms with Crippen LogP contribution in [-0.4, -0.2) is 4.92 Å². The molecule has 0 radical (unpaired) electrons. The number of nitro benzene ring substituents is 1. The van der Waals surface area contributed by atoms with Gasteiger partial charge in [0.1, 0.15) is 5.40 Å². The number of nitro groups is 1. The van der Waals surface area contributed by atoms with E-state index in [1.54, 1.807) is 19.1 Å². The van der Waals surface area contributed by atoms with Crippen molar-refractivity contribution in [2.24, 2.45) is 0 Å². The van der Waals surface area contributed by atoms with Gasteiger partial charge >= 0.3 is 0 Å². The predicted molar refractivity (Wildman–Crippen MR) is 49.3 cm³/mol. The van der Waals surface area contributed by atoms with Crippen molar-refractivity contribution in [2.45, 2.75) is 11.8 Å². The van der Waals surface area contributed by atoms with E-state index in [9.17, 15) is 10.1 Å². The van der Waals surface area contributed by atoms with E-state index in [1.807, 2.05) is 5.40 Å². The minimum atomic E-state index is -0.448. The summed E-state index contributed by atoms with van der Waals surface area (Å²) in [4.78, 5) is 10.7. The van der Waals surface area contributed by atoms with Crippen molar-refractivity contribution in [1.29, 1.82) is 5.26 Å². The van der Waals surface area contributed by atoms with E-state index >= 15 is 0 Å². The van der Waals surface area contributed by atoms with Gasteiger partial charge in [-0.15, -0.1) is 0 Å². The lowest BCUT2D eigenvalue weighted by molar-refractivity contribution is -0.385. The summed E-state index contributed by atoms with van der Waals surface area (Å²) in [6.07, 6.45) is 0. The first kappa shape index (κ1) is 9.55. The van der Waals surface area contributed by atoms with Gasteiger partial charge in [0.25, 0.3) is 5.69 Å². The minimum Gasteiger partial charge on any atom is -0.258 e. The molecule has 0 aromatic heterocycles. The van der Waals surface area contributed by atoms with Crippen molar-refractivity contribution in [3.8, 4) is 5.40 Å². The zero-order valence-electron chi connectivity index (χ0n) is 6.85. The summed E-state index contributed by atoms with van der Waals surface area (Å²) in [5, 5.41) is 20.8. The van der Waals surface area contributed by atoms with Crippen LogP contribution in [0.5, 0.6) is 0 Å². The Morgan fingerprint density at radius 2 is 2.31 bits per heavy atom. The number of benzene rings is 1. The molecule has 0 heterocycles. The maximum Gasteiger partial charge on any atom is 0.273 e. The van der Waals surface area contributed by atoms with Crippen LogP contribution >= 0.6 is 11.8 Å². The number of thioether (sulfide) groups is 1. The van der Waals surface area contributed by atoms with Crippen molar-refractivity contribution in [1.82, 2.24) is 0 Å². The van der Waals surface area contributed by atoms with Crippen LogP contribution in [0.25, 0.3) is 0 Å². The van der Waals surface area contributed by atoms with E-state index in [-0.39, 0.29) is 5.69 Å². The van der Waals surface area contributed by atoms with E-state index in [1.165, 1.54) is 6.07 Å². The molecule has 66 valence electrons. The van der Waals surface area contributed by atoms with Gasteiger partial charge in [-0.3, -0.25) is 10.1 Å². The third-order valence-corrected chi connectivity index (χ3v) is 2.36. The number of hydrogen-bond donors (Lipinski definition) is 0. The first-order chi connectivity index (χ1) is 6.16. The lowest BCUT2D eigenvalue weighted by Gasteiger charge is -1.99. The van der Waals surface area contributed by atoms with Gasteiger partial charge in [0.15, 0.2) is 0 Å². The van der Waals surface area contributed by atoms with Crippen LogP contribution in [0.1, 0.15) is 5.56 Å². The second-order valence-corrected chi connectivity index (χ2v) is 3.18. The monoisotopic (exact) mass is 194 g/mol. The maximum absolute atomic E-state index is 10.5. The second kappa shape index (κ2) is 3.92. The average Bonchev–Trinajstić information content (AvgIpc) is 2.08. The molecule has 13 heavy (non-hydrogen) atoms. The zero-order chi connectivity index (χ0) is 9.84. The Balaban J connectivity index is 3.20. The molecule has 0 aliphatic rings. The highest BCUT2D eigenvalue weighted by Crippen LogP contribution is 2.28. The van der Waals surface area contributed by atoms with Gasteiger partial charge in [-0.05, 0) is 24.8 Å². The topological polar surface area (TPSA) is 66.9 Å². The number of nitriles is 1. The molecule has 5 heteroatoms. The molecule has 0 saturated carbocycles. The Bertz CT molecular complexity index is 384. The second-order valence-electron chi connectivity index (χ2n) is 2.35. The standard InChI is InChI=1S/C8H6N2O2S/c1-6-7(10(11)12)3-2-4-8(6)13-5-9/h2-4H,1H3. The summed E-state index contributed by atoms with van der Waals surface area (Å²) in [5.41, 5.74) is 0.597. The fraction of sp³-hybridized carbons (Fsp3) is 0.125. The fourth-order valence-corrected chi connectivity index (χ4v) is 1.46. The fourth-order valence-electron chi connectivity index (χ4n) is 0.960. The summed E-state index contributed by atoms with van der Waals surface area (Å²) in [7, 11) is 0. The van der Waals surface area contributed by atoms with Crippen molar-refractivity contribution in [3.05, 3.63) is 33.9 Å². The smallest absolute Gasteiger partial charge is 0.258 e. The van der Waals surface area contributed by atoms with E-state index < -0.39 is 4.92 Å². The number of nitrogens with zero attached hydrogens (tertiary/aromatic N) is 2. The summed E-state index contributed by atoms with van der Waals surface area (Å²) in [6.45, 7) is 1.64. The van der Waals surface area contributed by atoms with Crippen LogP contribution in [0, 0.1) is 27.7 Å². The molecule has 1 aromatic carbocycles. The molecule has 1 aromatic rings. The van der Waals surface area contributed by atoms with Crippen LogP contribution in [0.4, 0.5) is 5.69 Å². The number of hydrogen-bond acceptors (Lipinski definition) is 4. The lowest BCUT2D eigenvalue weighted by Crippen LogP contribution is -1.92.